The lowest BCUT2D eigenvalue weighted by Crippen LogP contribution is -2.56. The Hall–Kier alpha value is -3.39. The van der Waals surface area contributed by atoms with E-state index < -0.39 is 47.0 Å². The molecule has 184 valence electrons. The van der Waals surface area contributed by atoms with E-state index in [0.717, 1.165) is 11.3 Å². The molecule has 2 amide bonds. The van der Waals surface area contributed by atoms with Crippen molar-refractivity contribution in [1.82, 2.24) is 5.32 Å². The molecule has 2 aliphatic heterocycles. The van der Waals surface area contributed by atoms with E-state index in [9.17, 15) is 23.6 Å². The Morgan fingerprint density at radius 3 is 2.43 bits per heavy atom. The highest BCUT2D eigenvalue weighted by Crippen LogP contribution is 2.51. The van der Waals surface area contributed by atoms with E-state index in [4.69, 9.17) is 4.74 Å². The molecule has 0 unspecified atom stereocenters. The molecule has 0 saturated carbocycles. The van der Waals surface area contributed by atoms with Crippen LogP contribution in [0.1, 0.15) is 62.0 Å². The summed E-state index contributed by atoms with van der Waals surface area (Å²) < 4.78 is 19.1. The first-order valence-corrected chi connectivity index (χ1v) is 11.9. The van der Waals surface area contributed by atoms with Gasteiger partial charge in [0.15, 0.2) is 5.78 Å². The zero-order chi connectivity index (χ0) is 25.3. The number of carbonyl (C=O) groups excluding carboxylic acids is 4. The Labute approximate surface area is 203 Å². The molecule has 8 heteroatoms. The van der Waals surface area contributed by atoms with E-state index in [2.05, 4.69) is 5.32 Å². The maximum absolute atomic E-state index is 13.9. The second kappa shape index (κ2) is 9.70. The van der Waals surface area contributed by atoms with Gasteiger partial charge in [-0.25, -0.2) is 9.29 Å². The molecule has 0 spiro atoms. The maximum Gasteiger partial charge on any atom is 0.327 e. The third-order valence-corrected chi connectivity index (χ3v) is 6.96. The highest BCUT2D eigenvalue weighted by Gasteiger charge is 2.68. The average Bonchev–Trinajstić information content (AvgIpc) is 3.32. The van der Waals surface area contributed by atoms with E-state index in [-0.39, 0.29) is 18.1 Å². The van der Waals surface area contributed by atoms with Gasteiger partial charge in [0.1, 0.15) is 11.4 Å². The number of ether oxygens (including phenoxy) is 1. The molecule has 2 aromatic rings. The molecule has 2 aromatic carbocycles. The van der Waals surface area contributed by atoms with E-state index >= 15 is 0 Å². The van der Waals surface area contributed by atoms with Crippen LogP contribution in [0.5, 0.6) is 0 Å². The van der Waals surface area contributed by atoms with Gasteiger partial charge in [0.25, 0.3) is 0 Å². The van der Waals surface area contributed by atoms with Gasteiger partial charge in [-0.2, -0.15) is 0 Å². The summed E-state index contributed by atoms with van der Waals surface area (Å²) in [4.78, 5) is 54.2. The fraction of sp³-hybridized carbons (Fsp3) is 0.407. The number of fused-ring (bicyclic) bond motifs is 1. The molecule has 2 saturated heterocycles. The predicted molar refractivity (Wildman–Crippen MR) is 127 cm³/mol. The summed E-state index contributed by atoms with van der Waals surface area (Å²) in [6.45, 7) is 5.20. The molecule has 35 heavy (non-hydrogen) atoms. The first-order valence-electron chi connectivity index (χ1n) is 11.9. The van der Waals surface area contributed by atoms with Crippen molar-refractivity contribution in [3.05, 3.63) is 65.5 Å². The number of hydrogen-bond acceptors (Lipinski definition) is 6. The summed E-state index contributed by atoms with van der Waals surface area (Å²) in [5.41, 5.74) is -0.149. The number of carbonyl (C=O) groups is 4. The molecule has 7 nitrogen and oxygen atoms in total. The van der Waals surface area contributed by atoms with Crippen molar-refractivity contribution in [3.63, 3.8) is 0 Å². The number of halogens is 1. The molecule has 2 aliphatic rings. The molecular weight excluding hydrogens is 451 g/mol. The number of hydrogen-bond donors (Lipinski definition) is 1. The maximum atomic E-state index is 13.9. The molecular formula is C27H29FN2O5. The Morgan fingerprint density at radius 1 is 1.09 bits per heavy atom. The molecule has 4 atom stereocenters. The molecule has 1 N–H and O–H groups in total. The minimum absolute atomic E-state index is 0.125. The Balaban J connectivity index is 1.86. The largest absolute Gasteiger partial charge is 0.465 e. The first-order chi connectivity index (χ1) is 16.7. The third kappa shape index (κ3) is 4.16. The van der Waals surface area contributed by atoms with Crippen molar-refractivity contribution < 1.29 is 28.3 Å². The average molecular weight is 481 g/mol. The molecule has 0 bridgehead atoms. The molecule has 0 radical (unpaired) electrons. The fourth-order valence-corrected chi connectivity index (χ4v) is 5.31. The van der Waals surface area contributed by atoms with Gasteiger partial charge in [-0.1, -0.05) is 44.0 Å². The lowest BCUT2D eigenvalue weighted by Gasteiger charge is -2.33. The monoisotopic (exact) mass is 480 g/mol. The minimum atomic E-state index is -1.41. The normalized spacial score (nSPS) is 25.6. The number of anilines is 1. The van der Waals surface area contributed by atoms with Gasteiger partial charge in [-0.05, 0) is 50.1 Å². The van der Waals surface area contributed by atoms with E-state index in [1.54, 1.807) is 37.3 Å². The standard InChI is InChI=1S/C27H29FN2O5/c1-4-6-14-27(26(34)35-5-2)22-21(23(29-27)17-10-12-19(28)13-11-17)24(32)30(25(22)33)20-9-7-8-18(15-20)16(3)31/h7-13,15,21-23,29H,4-6,14H2,1-3H3/t21-,22+,23-,27+/m1/s1. The van der Waals surface area contributed by atoms with Gasteiger partial charge < -0.3 is 4.74 Å². The lowest BCUT2D eigenvalue weighted by molar-refractivity contribution is -0.155. The molecule has 0 aliphatic carbocycles. The van der Waals surface area contributed by atoms with Crippen molar-refractivity contribution >= 4 is 29.3 Å². The minimum Gasteiger partial charge on any atom is -0.465 e. The van der Waals surface area contributed by atoms with Crippen LogP contribution in [0.2, 0.25) is 0 Å². The van der Waals surface area contributed by atoms with Crippen molar-refractivity contribution in [2.24, 2.45) is 11.8 Å². The highest BCUT2D eigenvalue weighted by molar-refractivity contribution is 6.24. The van der Waals surface area contributed by atoms with Crippen LogP contribution < -0.4 is 10.2 Å². The number of Topliss-reactive ketones (excluding diaryl/α,β-unsaturated/α-hetero) is 1. The van der Waals surface area contributed by atoms with Crippen LogP contribution in [0, 0.1) is 17.7 Å². The van der Waals surface area contributed by atoms with Gasteiger partial charge >= 0.3 is 5.97 Å². The summed E-state index contributed by atoms with van der Waals surface area (Å²) in [5.74, 6) is -4.07. The van der Waals surface area contributed by atoms with Crippen molar-refractivity contribution in [3.8, 4) is 0 Å². The van der Waals surface area contributed by atoms with Gasteiger partial charge in [-0.15, -0.1) is 0 Å². The summed E-state index contributed by atoms with van der Waals surface area (Å²) >= 11 is 0. The second-order valence-electron chi connectivity index (χ2n) is 9.09. The molecule has 4 rings (SSSR count). The number of imide groups is 1. The predicted octanol–water partition coefficient (Wildman–Crippen LogP) is 3.97. The van der Waals surface area contributed by atoms with E-state index in [0.29, 0.717) is 24.0 Å². The topological polar surface area (TPSA) is 92.8 Å². The van der Waals surface area contributed by atoms with E-state index in [1.807, 2.05) is 6.92 Å². The van der Waals surface area contributed by atoms with Crippen LogP contribution in [0.15, 0.2) is 48.5 Å². The van der Waals surface area contributed by atoms with Gasteiger partial charge in [0.2, 0.25) is 11.8 Å². The van der Waals surface area contributed by atoms with Crippen LogP contribution in [-0.4, -0.2) is 35.7 Å². The van der Waals surface area contributed by atoms with Crippen LogP contribution in [0.3, 0.4) is 0 Å². The van der Waals surface area contributed by atoms with Crippen LogP contribution >= 0.6 is 0 Å². The number of nitrogens with zero attached hydrogens (tertiary/aromatic N) is 1. The Morgan fingerprint density at radius 2 is 1.80 bits per heavy atom. The van der Waals surface area contributed by atoms with E-state index in [1.165, 1.54) is 25.1 Å². The highest BCUT2D eigenvalue weighted by atomic mass is 19.1. The number of amides is 2. The number of unbranched alkanes of at least 4 members (excludes halogenated alkanes) is 1. The smallest absolute Gasteiger partial charge is 0.327 e. The van der Waals surface area contributed by atoms with Crippen molar-refractivity contribution in [2.75, 3.05) is 11.5 Å². The third-order valence-electron chi connectivity index (χ3n) is 6.96. The molecule has 0 aromatic heterocycles. The van der Waals surface area contributed by atoms with Crippen LogP contribution in [0.4, 0.5) is 10.1 Å². The first kappa shape index (κ1) is 24.7. The summed E-state index contributed by atoms with van der Waals surface area (Å²) in [7, 11) is 0. The van der Waals surface area contributed by atoms with Gasteiger partial charge in [0, 0.05) is 11.6 Å². The SMILES string of the molecule is CCCC[C@]1(C(=O)OCC)N[C@H](c2ccc(F)cc2)[C@@H]2C(=O)N(c3cccc(C(C)=O)c3)C(=O)[C@H]21. The number of benzene rings is 2. The number of rotatable bonds is 8. The van der Waals surface area contributed by atoms with Crippen molar-refractivity contribution in [2.45, 2.75) is 51.6 Å². The van der Waals surface area contributed by atoms with Gasteiger partial charge in [-0.3, -0.25) is 24.5 Å². The lowest BCUT2D eigenvalue weighted by atomic mass is 9.76. The number of nitrogens with one attached hydrogen (secondary N) is 1. The molecule has 2 fully saturated rings. The summed E-state index contributed by atoms with van der Waals surface area (Å²) in [6, 6.07) is 11.3. The number of ketones is 1. The van der Waals surface area contributed by atoms with Gasteiger partial charge in [0.05, 0.1) is 24.1 Å². The zero-order valence-corrected chi connectivity index (χ0v) is 20.0. The van der Waals surface area contributed by atoms with Crippen LogP contribution in [-0.2, 0) is 19.1 Å². The Kier molecular flexibility index (Phi) is 6.85. The fourth-order valence-electron chi connectivity index (χ4n) is 5.31. The zero-order valence-electron chi connectivity index (χ0n) is 20.0. The van der Waals surface area contributed by atoms with Crippen molar-refractivity contribution in [1.29, 1.82) is 0 Å². The summed E-state index contributed by atoms with van der Waals surface area (Å²) in [5, 5.41) is 3.30. The molecule has 2 heterocycles. The van der Waals surface area contributed by atoms with Crippen LogP contribution in [0.25, 0.3) is 0 Å². The quantitative estimate of drug-likeness (QED) is 0.349. The second-order valence-corrected chi connectivity index (χ2v) is 9.09. The number of esters is 1. The Bertz CT molecular complexity index is 1160. The summed E-state index contributed by atoms with van der Waals surface area (Å²) in [6.07, 6.45) is 1.71.